The molecule has 0 bridgehead atoms. The summed E-state index contributed by atoms with van der Waals surface area (Å²) >= 11 is 2.13. The molecule has 0 atom stereocenters. The highest BCUT2D eigenvalue weighted by Crippen LogP contribution is 2.22. The highest BCUT2D eigenvalue weighted by molar-refractivity contribution is 14.1. The van der Waals surface area contributed by atoms with E-state index < -0.39 is 11.7 Å². The van der Waals surface area contributed by atoms with Crippen LogP contribution in [0.5, 0.6) is 0 Å². The molecule has 0 fully saturated rings. The van der Waals surface area contributed by atoms with Crippen molar-refractivity contribution in [1.82, 2.24) is 9.78 Å². The molecule has 0 aromatic carbocycles. The zero-order valence-electron chi connectivity index (χ0n) is 10.7. The van der Waals surface area contributed by atoms with E-state index in [1.165, 1.54) is 0 Å². The predicted octanol–water partition coefficient (Wildman–Crippen LogP) is 3.42. The van der Waals surface area contributed by atoms with Crippen molar-refractivity contribution < 1.29 is 9.53 Å². The molecule has 1 aromatic heterocycles. The van der Waals surface area contributed by atoms with Crippen LogP contribution in [0.2, 0.25) is 0 Å². The number of carbonyl (C=O) groups excluding carboxylic acids is 1. The fraction of sp³-hybridized carbons (Fsp3) is 0.636. The first-order valence-corrected chi connectivity index (χ1v) is 6.51. The van der Waals surface area contributed by atoms with Gasteiger partial charge in [-0.15, -0.1) is 0 Å². The SMILES string of the molecule is CC(C)n1ncc(I)c1NC(=O)OC(C)(C)C. The topological polar surface area (TPSA) is 56.2 Å². The number of hydrogen-bond donors (Lipinski definition) is 1. The van der Waals surface area contributed by atoms with E-state index in [2.05, 4.69) is 33.0 Å². The van der Waals surface area contributed by atoms with E-state index in [-0.39, 0.29) is 6.04 Å². The van der Waals surface area contributed by atoms with Gasteiger partial charge in [0.25, 0.3) is 0 Å². The number of halogens is 1. The van der Waals surface area contributed by atoms with Crippen molar-refractivity contribution in [3.8, 4) is 0 Å². The quantitative estimate of drug-likeness (QED) is 0.831. The number of rotatable bonds is 2. The van der Waals surface area contributed by atoms with Gasteiger partial charge >= 0.3 is 6.09 Å². The fourth-order valence-electron chi connectivity index (χ4n) is 1.25. The van der Waals surface area contributed by atoms with Crippen molar-refractivity contribution in [1.29, 1.82) is 0 Å². The number of nitrogens with one attached hydrogen (secondary N) is 1. The van der Waals surface area contributed by atoms with Crippen LogP contribution in [0.3, 0.4) is 0 Å². The Bertz CT molecular complexity index is 407. The summed E-state index contributed by atoms with van der Waals surface area (Å²) in [5, 5.41) is 6.93. The summed E-state index contributed by atoms with van der Waals surface area (Å²) in [5.41, 5.74) is -0.502. The largest absolute Gasteiger partial charge is 0.444 e. The molecule has 1 rings (SSSR count). The first kappa shape index (κ1) is 14.3. The molecule has 0 aliphatic carbocycles. The normalized spacial score (nSPS) is 11.7. The molecule has 0 saturated carbocycles. The molecule has 0 spiro atoms. The van der Waals surface area contributed by atoms with Gasteiger partial charge in [0.2, 0.25) is 0 Å². The summed E-state index contributed by atoms with van der Waals surface area (Å²) in [4.78, 5) is 11.7. The summed E-state index contributed by atoms with van der Waals surface area (Å²) in [6.07, 6.45) is 1.26. The maximum atomic E-state index is 11.7. The minimum absolute atomic E-state index is 0.184. The van der Waals surface area contributed by atoms with Crippen molar-refractivity contribution >= 4 is 34.5 Å². The first-order chi connectivity index (χ1) is 7.70. The highest BCUT2D eigenvalue weighted by Gasteiger charge is 2.19. The second-order valence-corrected chi connectivity index (χ2v) is 6.17. The van der Waals surface area contributed by atoms with Gasteiger partial charge in [-0.1, -0.05) is 0 Å². The van der Waals surface area contributed by atoms with Crippen LogP contribution in [-0.4, -0.2) is 21.5 Å². The van der Waals surface area contributed by atoms with Crippen molar-refractivity contribution in [2.45, 2.75) is 46.3 Å². The molecule has 1 N–H and O–H groups in total. The van der Waals surface area contributed by atoms with E-state index in [1.807, 2.05) is 34.6 Å². The molecule has 1 aromatic rings. The summed E-state index contributed by atoms with van der Waals surface area (Å²) in [6.45, 7) is 9.50. The van der Waals surface area contributed by atoms with Crippen LogP contribution in [0.25, 0.3) is 0 Å². The molecule has 6 heteroatoms. The summed E-state index contributed by atoms with van der Waals surface area (Å²) in [5.74, 6) is 0.676. The molecule has 17 heavy (non-hydrogen) atoms. The molecule has 1 heterocycles. The van der Waals surface area contributed by atoms with Crippen LogP contribution in [0.1, 0.15) is 40.7 Å². The van der Waals surface area contributed by atoms with Crippen LogP contribution < -0.4 is 5.32 Å². The van der Waals surface area contributed by atoms with Gasteiger partial charge in [0.1, 0.15) is 11.4 Å². The standard InChI is InChI=1S/C11H18IN3O2/c1-7(2)15-9(8(12)6-13-15)14-10(16)17-11(3,4)5/h6-7H,1-5H3,(H,14,16). The zero-order chi connectivity index (χ0) is 13.2. The number of nitrogens with zero attached hydrogens (tertiary/aromatic N) is 2. The van der Waals surface area contributed by atoms with Gasteiger partial charge in [-0.25, -0.2) is 9.48 Å². The predicted molar refractivity (Wildman–Crippen MR) is 75.2 cm³/mol. The van der Waals surface area contributed by atoms with Crippen LogP contribution >= 0.6 is 22.6 Å². The van der Waals surface area contributed by atoms with E-state index in [0.29, 0.717) is 5.82 Å². The second-order valence-electron chi connectivity index (χ2n) is 5.01. The number of amides is 1. The summed E-state index contributed by atoms with van der Waals surface area (Å²) in [6, 6.07) is 0.184. The Morgan fingerprint density at radius 1 is 1.53 bits per heavy atom. The van der Waals surface area contributed by atoms with Gasteiger partial charge < -0.3 is 4.74 Å². The van der Waals surface area contributed by atoms with E-state index >= 15 is 0 Å². The number of carbonyl (C=O) groups is 1. The Hall–Kier alpha value is -0.790. The minimum Gasteiger partial charge on any atom is -0.444 e. The number of anilines is 1. The van der Waals surface area contributed by atoms with E-state index in [4.69, 9.17) is 4.74 Å². The second kappa shape index (κ2) is 5.24. The van der Waals surface area contributed by atoms with Crippen molar-refractivity contribution in [3.63, 3.8) is 0 Å². The van der Waals surface area contributed by atoms with Crippen molar-refractivity contribution in [3.05, 3.63) is 9.77 Å². The van der Waals surface area contributed by atoms with E-state index in [9.17, 15) is 4.79 Å². The molecule has 0 unspecified atom stereocenters. The van der Waals surface area contributed by atoms with Gasteiger partial charge in [0, 0.05) is 6.04 Å². The Kier molecular flexibility index (Phi) is 4.40. The highest BCUT2D eigenvalue weighted by atomic mass is 127. The van der Waals surface area contributed by atoms with Gasteiger partial charge in [0.05, 0.1) is 9.77 Å². The Morgan fingerprint density at radius 3 is 2.59 bits per heavy atom. The van der Waals surface area contributed by atoms with Gasteiger partial charge in [0.15, 0.2) is 0 Å². The van der Waals surface area contributed by atoms with Crippen LogP contribution in [0.4, 0.5) is 10.6 Å². The van der Waals surface area contributed by atoms with Gasteiger partial charge in [-0.3, -0.25) is 5.32 Å². The van der Waals surface area contributed by atoms with Gasteiger partial charge in [-0.2, -0.15) is 5.10 Å². The lowest BCUT2D eigenvalue weighted by atomic mass is 10.2. The first-order valence-electron chi connectivity index (χ1n) is 5.43. The molecular weight excluding hydrogens is 333 g/mol. The molecule has 0 aliphatic rings. The molecule has 5 nitrogen and oxygen atoms in total. The van der Waals surface area contributed by atoms with E-state index in [1.54, 1.807) is 10.9 Å². The molecular formula is C11H18IN3O2. The molecule has 0 radical (unpaired) electrons. The molecule has 96 valence electrons. The van der Waals surface area contributed by atoms with Crippen LogP contribution in [0, 0.1) is 3.57 Å². The van der Waals surface area contributed by atoms with Crippen molar-refractivity contribution in [2.24, 2.45) is 0 Å². The third kappa shape index (κ3) is 4.18. The number of hydrogen-bond acceptors (Lipinski definition) is 3. The lowest BCUT2D eigenvalue weighted by Crippen LogP contribution is -2.28. The Morgan fingerprint density at radius 2 is 2.12 bits per heavy atom. The summed E-state index contributed by atoms with van der Waals surface area (Å²) < 4.78 is 7.85. The zero-order valence-corrected chi connectivity index (χ0v) is 12.9. The Balaban J connectivity index is 2.81. The Labute approximate surface area is 115 Å². The fourth-order valence-corrected chi connectivity index (χ4v) is 1.76. The van der Waals surface area contributed by atoms with Gasteiger partial charge in [-0.05, 0) is 57.2 Å². The molecule has 0 saturated heterocycles. The van der Waals surface area contributed by atoms with Crippen molar-refractivity contribution in [2.75, 3.05) is 5.32 Å². The molecule has 0 aliphatic heterocycles. The maximum absolute atomic E-state index is 11.7. The smallest absolute Gasteiger partial charge is 0.413 e. The number of ether oxygens (including phenoxy) is 1. The van der Waals surface area contributed by atoms with Crippen LogP contribution in [-0.2, 0) is 4.74 Å². The monoisotopic (exact) mass is 351 g/mol. The average Bonchev–Trinajstić information content (AvgIpc) is 2.44. The third-order valence-electron chi connectivity index (χ3n) is 1.86. The summed E-state index contributed by atoms with van der Waals surface area (Å²) in [7, 11) is 0. The lowest BCUT2D eigenvalue weighted by molar-refractivity contribution is 0.0634. The maximum Gasteiger partial charge on any atom is 0.413 e. The average molecular weight is 351 g/mol. The lowest BCUT2D eigenvalue weighted by Gasteiger charge is -2.20. The third-order valence-corrected chi connectivity index (χ3v) is 2.65. The van der Waals surface area contributed by atoms with Crippen LogP contribution in [0.15, 0.2) is 6.20 Å². The minimum atomic E-state index is -0.502. The molecule has 1 amide bonds. The number of aromatic nitrogens is 2. The van der Waals surface area contributed by atoms with E-state index in [0.717, 1.165) is 3.57 Å².